The van der Waals surface area contributed by atoms with Gasteiger partial charge in [-0.15, -0.1) is 0 Å². The first-order valence-electron chi connectivity index (χ1n) is 8.81. The number of benzene rings is 1. The Kier molecular flexibility index (Phi) is 5.53. The van der Waals surface area contributed by atoms with Crippen molar-refractivity contribution in [3.05, 3.63) is 30.1 Å². The van der Waals surface area contributed by atoms with E-state index in [4.69, 9.17) is 4.74 Å². The summed E-state index contributed by atoms with van der Waals surface area (Å²) in [5.74, 6) is 0.968. The molecule has 1 aliphatic heterocycles. The van der Waals surface area contributed by atoms with Crippen LogP contribution in [0.5, 0.6) is 0 Å². The maximum absolute atomic E-state index is 12.1. The fourth-order valence-electron chi connectivity index (χ4n) is 3.08. The Bertz CT molecular complexity index is 756. The zero-order valence-corrected chi connectivity index (χ0v) is 14.5. The number of nitrogens with one attached hydrogen (secondary N) is 1. The number of imidazole rings is 1. The molecule has 1 saturated heterocycles. The molecule has 1 fully saturated rings. The van der Waals surface area contributed by atoms with E-state index in [9.17, 15) is 9.59 Å². The normalized spacial score (nSPS) is 14.6. The van der Waals surface area contributed by atoms with Crippen LogP contribution in [-0.2, 0) is 22.5 Å². The van der Waals surface area contributed by atoms with E-state index in [1.54, 1.807) is 4.90 Å². The fraction of sp³-hybridized carbons (Fsp3) is 0.500. The third-order valence-corrected chi connectivity index (χ3v) is 4.37. The summed E-state index contributed by atoms with van der Waals surface area (Å²) < 4.78 is 7.08. The van der Waals surface area contributed by atoms with Crippen molar-refractivity contribution in [1.82, 2.24) is 19.8 Å². The van der Waals surface area contributed by atoms with Crippen LogP contribution in [-0.4, -0.2) is 52.7 Å². The van der Waals surface area contributed by atoms with Gasteiger partial charge in [-0.05, 0) is 18.6 Å². The first-order valence-corrected chi connectivity index (χ1v) is 8.81. The predicted octanol–water partition coefficient (Wildman–Crippen LogP) is 1.95. The van der Waals surface area contributed by atoms with Gasteiger partial charge in [-0.1, -0.05) is 19.1 Å². The molecule has 0 spiro atoms. The standard InChI is InChI=1S/C18H24N4O3/c1-2-16-20-14-6-3-4-7-15(14)22(16)11-8-17(23)19-9-12-21-10-5-13-25-18(21)24/h3-4,6-7H,2,5,8-13H2,1H3,(H,19,23). The van der Waals surface area contributed by atoms with Crippen LogP contribution >= 0.6 is 0 Å². The quantitative estimate of drug-likeness (QED) is 0.833. The van der Waals surface area contributed by atoms with Gasteiger partial charge in [0.15, 0.2) is 0 Å². The number of nitrogens with zero attached hydrogens (tertiary/aromatic N) is 3. The summed E-state index contributed by atoms with van der Waals surface area (Å²) in [7, 11) is 0. The summed E-state index contributed by atoms with van der Waals surface area (Å²) in [6, 6.07) is 7.97. The minimum Gasteiger partial charge on any atom is -0.449 e. The minimum absolute atomic E-state index is 0.0230. The molecule has 1 aromatic heterocycles. The molecule has 7 nitrogen and oxygen atoms in total. The number of aryl methyl sites for hydroxylation is 2. The van der Waals surface area contributed by atoms with Crippen molar-refractivity contribution in [3.8, 4) is 0 Å². The number of fused-ring (bicyclic) bond motifs is 1. The van der Waals surface area contributed by atoms with Crippen LogP contribution in [0.3, 0.4) is 0 Å². The van der Waals surface area contributed by atoms with Gasteiger partial charge < -0.3 is 19.5 Å². The van der Waals surface area contributed by atoms with Crippen LogP contribution in [0.1, 0.15) is 25.6 Å². The SMILES string of the molecule is CCc1nc2ccccc2n1CCC(=O)NCCN1CCCOC1=O. The van der Waals surface area contributed by atoms with Crippen molar-refractivity contribution in [1.29, 1.82) is 0 Å². The molecule has 2 amide bonds. The smallest absolute Gasteiger partial charge is 0.409 e. The van der Waals surface area contributed by atoms with Crippen molar-refractivity contribution in [2.45, 2.75) is 32.7 Å². The van der Waals surface area contributed by atoms with E-state index < -0.39 is 0 Å². The first-order chi connectivity index (χ1) is 12.2. The lowest BCUT2D eigenvalue weighted by Gasteiger charge is -2.26. The molecule has 2 heterocycles. The Morgan fingerprint density at radius 1 is 1.32 bits per heavy atom. The van der Waals surface area contributed by atoms with E-state index in [0.717, 1.165) is 29.7 Å². The van der Waals surface area contributed by atoms with E-state index in [0.29, 0.717) is 39.2 Å². The highest BCUT2D eigenvalue weighted by Gasteiger charge is 2.19. The molecule has 1 N–H and O–H groups in total. The Morgan fingerprint density at radius 3 is 2.96 bits per heavy atom. The monoisotopic (exact) mass is 344 g/mol. The largest absolute Gasteiger partial charge is 0.449 e. The average molecular weight is 344 g/mol. The van der Waals surface area contributed by atoms with Gasteiger partial charge in [0.25, 0.3) is 0 Å². The van der Waals surface area contributed by atoms with Crippen LogP contribution in [0.25, 0.3) is 11.0 Å². The molecular formula is C18H24N4O3. The second-order valence-corrected chi connectivity index (χ2v) is 6.08. The highest BCUT2D eigenvalue weighted by atomic mass is 16.6. The number of hydrogen-bond acceptors (Lipinski definition) is 4. The van der Waals surface area contributed by atoms with Crippen molar-refractivity contribution >= 4 is 23.0 Å². The molecule has 0 saturated carbocycles. The van der Waals surface area contributed by atoms with Crippen LogP contribution in [0.15, 0.2) is 24.3 Å². The van der Waals surface area contributed by atoms with Gasteiger partial charge in [-0.25, -0.2) is 9.78 Å². The summed E-state index contributed by atoms with van der Waals surface area (Å²) in [5, 5.41) is 2.88. The van der Waals surface area contributed by atoms with Crippen molar-refractivity contribution in [3.63, 3.8) is 0 Å². The van der Waals surface area contributed by atoms with Gasteiger partial charge in [-0.2, -0.15) is 0 Å². The van der Waals surface area contributed by atoms with E-state index in [1.807, 2.05) is 24.3 Å². The van der Waals surface area contributed by atoms with Crippen LogP contribution in [0.2, 0.25) is 0 Å². The second kappa shape index (κ2) is 8.00. The Morgan fingerprint density at radius 2 is 2.16 bits per heavy atom. The van der Waals surface area contributed by atoms with Crippen molar-refractivity contribution < 1.29 is 14.3 Å². The number of ether oxygens (including phenoxy) is 1. The number of amides is 2. The highest BCUT2D eigenvalue weighted by Crippen LogP contribution is 2.16. The van der Waals surface area contributed by atoms with Gasteiger partial charge >= 0.3 is 6.09 Å². The third kappa shape index (κ3) is 4.10. The summed E-state index contributed by atoms with van der Waals surface area (Å²) in [6.07, 6.45) is 1.76. The summed E-state index contributed by atoms with van der Waals surface area (Å²) in [6.45, 7) is 4.77. The molecule has 3 rings (SSSR count). The van der Waals surface area contributed by atoms with E-state index in [-0.39, 0.29) is 12.0 Å². The van der Waals surface area contributed by atoms with Gasteiger partial charge in [0.05, 0.1) is 17.6 Å². The molecule has 0 unspecified atom stereocenters. The van der Waals surface area contributed by atoms with Gasteiger partial charge in [0, 0.05) is 39.0 Å². The van der Waals surface area contributed by atoms with Crippen LogP contribution < -0.4 is 5.32 Å². The molecule has 7 heteroatoms. The van der Waals surface area contributed by atoms with E-state index in [2.05, 4.69) is 21.8 Å². The first kappa shape index (κ1) is 17.3. The summed E-state index contributed by atoms with van der Waals surface area (Å²) in [5.41, 5.74) is 2.02. The third-order valence-electron chi connectivity index (χ3n) is 4.37. The molecule has 0 aliphatic carbocycles. The van der Waals surface area contributed by atoms with E-state index >= 15 is 0 Å². The number of carbonyl (C=O) groups is 2. The zero-order chi connectivity index (χ0) is 17.6. The maximum Gasteiger partial charge on any atom is 0.409 e. The topological polar surface area (TPSA) is 76.5 Å². The molecule has 0 atom stereocenters. The molecule has 1 aromatic carbocycles. The molecule has 25 heavy (non-hydrogen) atoms. The number of carbonyl (C=O) groups excluding carboxylic acids is 2. The number of rotatable bonds is 7. The zero-order valence-electron chi connectivity index (χ0n) is 14.5. The number of aromatic nitrogens is 2. The number of para-hydroxylation sites is 2. The minimum atomic E-state index is -0.294. The lowest BCUT2D eigenvalue weighted by Crippen LogP contribution is -2.42. The summed E-state index contributed by atoms with van der Waals surface area (Å²) >= 11 is 0. The molecule has 0 radical (unpaired) electrons. The van der Waals surface area contributed by atoms with Gasteiger partial charge in [-0.3, -0.25) is 4.79 Å². The van der Waals surface area contributed by atoms with Crippen LogP contribution in [0, 0.1) is 0 Å². The summed E-state index contributed by atoms with van der Waals surface area (Å²) in [4.78, 5) is 29.9. The van der Waals surface area contributed by atoms with Crippen molar-refractivity contribution in [2.75, 3.05) is 26.2 Å². The number of cyclic esters (lactones) is 1. The molecule has 0 bridgehead atoms. The maximum atomic E-state index is 12.1. The molecule has 2 aromatic rings. The van der Waals surface area contributed by atoms with Crippen LogP contribution in [0.4, 0.5) is 4.79 Å². The number of hydrogen-bond donors (Lipinski definition) is 1. The Labute approximate surface area is 147 Å². The molecule has 134 valence electrons. The molecular weight excluding hydrogens is 320 g/mol. The Balaban J connectivity index is 1.50. The molecule has 1 aliphatic rings. The lowest BCUT2D eigenvalue weighted by atomic mass is 10.3. The average Bonchev–Trinajstić information content (AvgIpc) is 2.99. The second-order valence-electron chi connectivity index (χ2n) is 6.08. The lowest BCUT2D eigenvalue weighted by molar-refractivity contribution is -0.121. The van der Waals surface area contributed by atoms with E-state index in [1.165, 1.54) is 0 Å². The Hall–Kier alpha value is -2.57. The fourth-order valence-corrected chi connectivity index (χ4v) is 3.08. The predicted molar refractivity (Wildman–Crippen MR) is 94.3 cm³/mol. The highest BCUT2D eigenvalue weighted by molar-refractivity contribution is 5.78. The van der Waals surface area contributed by atoms with Gasteiger partial charge in [0.1, 0.15) is 5.82 Å². The van der Waals surface area contributed by atoms with Gasteiger partial charge in [0.2, 0.25) is 5.91 Å². The van der Waals surface area contributed by atoms with Crippen molar-refractivity contribution in [2.24, 2.45) is 0 Å².